The Morgan fingerprint density at radius 1 is 1.31 bits per heavy atom. The number of hydrogen-bond donors (Lipinski definition) is 2. The molecule has 1 unspecified atom stereocenters. The smallest absolute Gasteiger partial charge is 0.147 e. The summed E-state index contributed by atoms with van der Waals surface area (Å²) in [5, 5.41) is 3.18. The average molecular weight is 215 g/mol. The van der Waals surface area contributed by atoms with E-state index in [0.717, 1.165) is 5.69 Å². The first-order valence-electron chi connectivity index (χ1n) is 5.00. The summed E-state index contributed by atoms with van der Waals surface area (Å²) in [5.41, 5.74) is 6.49. The Bertz CT molecular complexity index is 457. The van der Waals surface area contributed by atoms with Crippen LogP contribution in [0.2, 0.25) is 0 Å². The molecule has 16 heavy (non-hydrogen) atoms. The van der Waals surface area contributed by atoms with Crippen LogP contribution in [-0.2, 0) is 0 Å². The maximum atomic E-state index is 5.54. The van der Waals surface area contributed by atoms with E-state index in [0.29, 0.717) is 11.6 Å². The molecule has 2 heterocycles. The van der Waals surface area contributed by atoms with Gasteiger partial charge in [0.2, 0.25) is 0 Å². The molecule has 3 N–H and O–H groups in total. The van der Waals surface area contributed by atoms with Gasteiger partial charge in [-0.1, -0.05) is 6.07 Å². The summed E-state index contributed by atoms with van der Waals surface area (Å²) in [7, 11) is 0. The standard InChI is InChI=1S/C11H13N5/c1-8(9-4-2-3-5-14-9)15-11-7-13-6-10(12)16-11/h2-8H,1H3,(H3,12,15,16). The van der Waals surface area contributed by atoms with Crippen molar-refractivity contribution in [2.24, 2.45) is 0 Å². The number of aromatic nitrogens is 3. The largest absolute Gasteiger partial charge is 0.382 e. The third-order valence-electron chi connectivity index (χ3n) is 2.15. The van der Waals surface area contributed by atoms with Crippen molar-refractivity contribution >= 4 is 11.6 Å². The molecule has 0 fully saturated rings. The fraction of sp³-hybridized carbons (Fsp3) is 0.182. The average Bonchev–Trinajstić information content (AvgIpc) is 2.30. The van der Waals surface area contributed by atoms with Gasteiger partial charge in [0, 0.05) is 6.20 Å². The lowest BCUT2D eigenvalue weighted by molar-refractivity contribution is 0.830. The molecule has 0 saturated carbocycles. The van der Waals surface area contributed by atoms with Crippen LogP contribution in [0.1, 0.15) is 18.7 Å². The van der Waals surface area contributed by atoms with E-state index in [4.69, 9.17) is 5.73 Å². The van der Waals surface area contributed by atoms with Gasteiger partial charge in [0.25, 0.3) is 0 Å². The highest BCUT2D eigenvalue weighted by Crippen LogP contribution is 2.14. The van der Waals surface area contributed by atoms with Crippen LogP contribution >= 0.6 is 0 Å². The lowest BCUT2D eigenvalue weighted by Crippen LogP contribution is -2.10. The van der Waals surface area contributed by atoms with Crippen molar-refractivity contribution in [2.75, 3.05) is 11.1 Å². The number of nitrogens with two attached hydrogens (primary N) is 1. The first-order chi connectivity index (χ1) is 7.75. The van der Waals surface area contributed by atoms with Gasteiger partial charge in [0.15, 0.2) is 0 Å². The van der Waals surface area contributed by atoms with Crippen LogP contribution in [0.25, 0.3) is 0 Å². The fourth-order valence-corrected chi connectivity index (χ4v) is 1.38. The molecule has 0 aliphatic rings. The molecule has 0 spiro atoms. The van der Waals surface area contributed by atoms with Gasteiger partial charge in [-0.15, -0.1) is 0 Å². The van der Waals surface area contributed by atoms with Gasteiger partial charge < -0.3 is 11.1 Å². The third kappa shape index (κ3) is 2.44. The quantitative estimate of drug-likeness (QED) is 0.813. The van der Waals surface area contributed by atoms with Gasteiger partial charge in [-0.25, -0.2) is 4.98 Å². The van der Waals surface area contributed by atoms with E-state index in [1.807, 2.05) is 25.1 Å². The molecular formula is C11H13N5. The number of anilines is 2. The van der Waals surface area contributed by atoms with E-state index in [2.05, 4.69) is 20.3 Å². The second-order valence-corrected chi connectivity index (χ2v) is 3.45. The summed E-state index contributed by atoms with van der Waals surface area (Å²) in [4.78, 5) is 12.3. The number of hydrogen-bond acceptors (Lipinski definition) is 5. The highest BCUT2D eigenvalue weighted by Gasteiger charge is 2.06. The summed E-state index contributed by atoms with van der Waals surface area (Å²) < 4.78 is 0. The molecule has 0 aromatic carbocycles. The minimum atomic E-state index is 0.0669. The lowest BCUT2D eigenvalue weighted by atomic mass is 10.2. The van der Waals surface area contributed by atoms with Gasteiger partial charge in [-0.05, 0) is 19.1 Å². The SMILES string of the molecule is CC(Nc1cncc(N)n1)c1ccccn1. The van der Waals surface area contributed by atoms with E-state index >= 15 is 0 Å². The molecule has 0 radical (unpaired) electrons. The summed E-state index contributed by atoms with van der Waals surface area (Å²) in [6.07, 6.45) is 4.91. The molecule has 0 bridgehead atoms. The molecule has 0 aliphatic carbocycles. The summed E-state index contributed by atoms with van der Waals surface area (Å²) in [5.74, 6) is 1.05. The fourth-order valence-electron chi connectivity index (χ4n) is 1.38. The van der Waals surface area contributed by atoms with E-state index in [1.54, 1.807) is 12.4 Å². The Morgan fingerprint density at radius 3 is 2.88 bits per heavy atom. The van der Waals surface area contributed by atoms with E-state index < -0.39 is 0 Å². The Kier molecular flexibility index (Phi) is 2.95. The molecular weight excluding hydrogens is 202 g/mol. The third-order valence-corrected chi connectivity index (χ3v) is 2.15. The molecule has 2 aromatic heterocycles. The van der Waals surface area contributed by atoms with Crippen molar-refractivity contribution in [1.82, 2.24) is 15.0 Å². The first-order valence-corrected chi connectivity index (χ1v) is 5.00. The molecule has 82 valence electrons. The molecule has 2 rings (SSSR count). The summed E-state index contributed by atoms with van der Waals surface area (Å²) in [6, 6.07) is 5.86. The van der Waals surface area contributed by atoms with Gasteiger partial charge in [-0.3, -0.25) is 9.97 Å². The van der Waals surface area contributed by atoms with Crippen molar-refractivity contribution < 1.29 is 0 Å². The van der Waals surface area contributed by atoms with Crippen LogP contribution in [0.4, 0.5) is 11.6 Å². The minimum Gasteiger partial charge on any atom is -0.382 e. The molecule has 1 atom stereocenters. The van der Waals surface area contributed by atoms with Crippen molar-refractivity contribution in [2.45, 2.75) is 13.0 Å². The lowest BCUT2D eigenvalue weighted by Gasteiger charge is -2.13. The zero-order valence-corrected chi connectivity index (χ0v) is 8.96. The van der Waals surface area contributed by atoms with Crippen LogP contribution in [-0.4, -0.2) is 15.0 Å². The molecule has 0 saturated heterocycles. The second kappa shape index (κ2) is 4.57. The number of nitrogens with one attached hydrogen (secondary N) is 1. The minimum absolute atomic E-state index is 0.0669. The Morgan fingerprint density at radius 2 is 2.19 bits per heavy atom. The number of rotatable bonds is 3. The normalized spacial score (nSPS) is 12.1. The summed E-state index contributed by atoms with van der Waals surface area (Å²) in [6.45, 7) is 2.01. The van der Waals surface area contributed by atoms with Crippen LogP contribution < -0.4 is 11.1 Å². The summed E-state index contributed by atoms with van der Waals surface area (Å²) >= 11 is 0. The van der Waals surface area contributed by atoms with Crippen LogP contribution in [0.15, 0.2) is 36.8 Å². The maximum absolute atomic E-state index is 5.54. The van der Waals surface area contributed by atoms with Crippen LogP contribution in [0.3, 0.4) is 0 Å². The van der Waals surface area contributed by atoms with E-state index in [9.17, 15) is 0 Å². The predicted octanol–water partition coefficient (Wildman–Crippen LogP) is 1.63. The first kappa shape index (κ1) is 10.4. The number of nitrogens with zero attached hydrogens (tertiary/aromatic N) is 3. The zero-order chi connectivity index (χ0) is 11.4. The van der Waals surface area contributed by atoms with Gasteiger partial charge in [0.05, 0.1) is 24.1 Å². The molecule has 5 heteroatoms. The van der Waals surface area contributed by atoms with E-state index in [1.165, 1.54) is 6.20 Å². The monoisotopic (exact) mass is 215 g/mol. The second-order valence-electron chi connectivity index (χ2n) is 3.45. The molecule has 0 aliphatic heterocycles. The Hall–Kier alpha value is -2.17. The highest BCUT2D eigenvalue weighted by molar-refractivity contribution is 5.40. The Labute approximate surface area is 93.8 Å². The van der Waals surface area contributed by atoms with Crippen molar-refractivity contribution in [1.29, 1.82) is 0 Å². The van der Waals surface area contributed by atoms with Crippen molar-refractivity contribution in [3.05, 3.63) is 42.5 Å². The Balaban J connectivity index is 2.11. The van der Waals surface area contributed by atoms with Gasteiger partial charge in [-0.2, -0.15) is 0 Å². The van der Waals surface area contributed by atoms with E-state index in [-0.39, 0.29) is 6.04 Å². The molecule has 5 nitrogen and oxygen atoms in total. The zero-order valence-electron chi connectivity index (χ0n) is 8.96. The van der Waals surface area contributed by atoms with Gasteiger partial charge in [0.1, 0.15) is 11.6 Å². The van der Waals surface area contributed by atoms with Gasteiger partial charge >= 0.3 is 0 Å². The predicted molar refractivity (Wildman–Crippen MR) is 62.7 cm³/mol. The van der Waals surface area contributed by atoms with Crippen LogP contribution in [0.5, 0.6) is 0 Å². The highest BCUT2D eigenvalue weighted by atomic mass is 15.1. The maximum Gasteiger partial charge on any atom is 0.147 e. The number of pyridine rings is 1. The topological polar surface area (TPSA) is 76.7 Å². The van der Waals surface area contributed by atoms with Crippen LogP contribution in [0, 0.1) is 0 Å². The van der Waals surface area contributed by atoms with Crippen molar-refractivity contribution in [3.8, 4) is 0 Å². The number of nitrogen functional groups attached to an aromatic ring is 1. The molecule has 0 amide bonds. The molecule has 2 aromatic rings. The van der Waals surface area contributed by atoms with Crippen molar-refractivity contribution in [3.63, 3.8) is 0 Å².